The van der Waals surface area contributed by atoms with E-state index in [1.165, 1.54) is 0 Å². The number of nitriles is 2. The highest BCUT2D eigenvalue weighted by Crippen LogP contribution is 2.35. The van der Waals surface area contributed by atoms with Gasteiger partial charge in [-0.2, -0.15) is 10.5 Å². The normalized spacial score (nSPS) is 18.7. The highest BCUT2D eigenvalue weighted by Gasteiger charge is 2.28. The van der Waals surface area contributed by atoms with Gasteiger partial charge in [-0.25, -0.2) is 0 Å². The Kier molecular flexibility index (Phi) is 4.14. The summed E-state index contributed by atoms with van der Waals surface area (Å²) in [4.78, 5) is 0. The maximum atomic E-state index is 9.36. The lowest BCUT2D eigenvalue weighted by molar-refractivity contribution is 0.986. The average molecular weight is 382 g/mol. The van der Waals surface area contributed by atoms with Crippen molar-refractivity contribution in [3.8, 4) is 12.1 Å². The highest BCUT2D eigenvalue weighted by atomic mass is 127. The molecule has 3 nitrogen and oxygen atoms in total. The summed E-state index contributed by atoms with van der Waals surface area (Å²) in [6.07, 6.45) is 0. The van der Waals surface area contributed by atoms with Gasteiger partial charge in [0.15, 0.2) is 0 Å². The van der Waals surface area contributed by atoms with E-state index < -0.39 is 0 Å². The molecular weight excluding hydrogens is 373 g/mol. The van der Waals surface area contributed by atoms with Crippen LogP contribution >= 0.6 is 34.2 Å². The first-order chi connectivity index (χ1) is 9.10. The van der Waals surface area contributed by atoms with Gasteiger partial charge in [-0.15, -0.1) is 0 Å². The average Bonchev–Trinajstić information content (AvgIpc) is 2.39. The number of benzene rings is 1. The van der Waals surface area contributed by atoms with Gasteiger partial charge in [-0.3, -0.25) is 0 Å². The van der Waals surface area contributed by atoms with Gasteiger partial charge in [0.2, 0.25) is 0 Å². The van der Waals surface area contributed by atoms with Crippen LogP contribution in [0.15, 0.2) is 41.1 Å². The van der Waals surface area contributed by atoms with Crippen molar-refractivity contribution in [3.63, 3.8) is 0 Å². The van der Waals surface area contributed by atoms with Gasteiger partial charge in [-0.1, -0.05) is 52.4 Å². The molecular formula is C14H9ClIN3. The van der Waals surface area contributed by atoms with E-state index in [0.717, 1.165) is 11.3 Å². The molecule has 1 aromatic carbocycles. The van der Waals surface area contributed by atoms with E-state index in [4.69, 9.17) is 16.9 Å². The number of nitrogens with zero attached hydrogens (tertiary/aromatic N) is 2. The third kappa shape index (κ3) is 2.47. The van der Waals surface area contributed by atoms with Crippen molar-refractivity contribution in [2.45, 2.75) is 10.8 Å². The molecule has 2 rings (SSSR count). The SMILES string of the molecule is CC1=C(C#N)C(I)C(C#N)=C(c2ccccc2Cl)N1. The topological polar surface area (TPSA) is 59.6 Å². The number of halogens is 2. The zero-order valence-electron chi connectivity index (χ0n) is 10.0. The molecule has 1 unspecified atom stereocenters. The molecule has 0 aromatic heterocycles. The minimum absolute atomic E-state index is 0.250. The fourth-order valence-electron chi connectivity index (χ4n) is 1.91. The Morgan fingerprint density at radius 1 is 1.21 bits per heavy atom. The van der Waals surface area contributed by atoms with Crippen LogP contribution in [-0.2, 0) is 0 Å². The van der Waals surface area contributed by atoms with Crippen LogP contribution in [0, 0.1) is 22.7 Å². The van der Waals surface area contributed by atoms with Crippen LogP contribution in [0.25, 0.3) is 5.70 Å². The first-order valence-corrected chi connectivity index (χ1v) is 7.13. The third-order valence-corrected chi connectivity index (χ3v) is 4.45. The Balaban J connectivity index is 2.61. The van der Waals surface area contributed by atoms with Crippen LogP contribution in [0.1, 0.15) is 12.5 Å². The minimum Gasteiger partial charge on any atom is -0.357 e. The summed E-state index contributed by atoms with van der Waals surface area (Å²) in [5.74, 6) is 0. The van der Waals surface area contributed by atoms with Gasteiger partial charge >= 0.3 is 0 Å². The monoisotopic (exact) mass is 381 g/mol. The van der Waals surface area contributed by atoms with E-state index in [1.807, 2.05) is 25.1 Å². The van der Waals surface area contributed by atoms with Gasteiger partial charge in [0, 0.05) is 16.3 Å². The smallest absolute Gasteiger partial charge is 0.0984 e. The molecule has 1 aliphatic rings. The number of nitrogens with one attached hydrogen (secondary N) is 1. The predicted octanol–water partition coefficient (Wildman–Crippen LogP) is 3.78. The number of dihydropyridines is 1. The number of alkyl halides is 1. The molecule has 1 aliphatic heterocycles. The second-order valence-corrected chi connectivity index (χ2v) is 5.67. The molecule has 94 valence electrons. The summed E-state index contributed by atoms with van der Waals surface area (Å²) in [5.41, 5.74) is 3.32. The standard InChI is InChI=1S/C14H9ClIN3/c1-8-10(6-17)13(16)11(7-18)14(19-8)9-4-2-3-5-12(9)15/h2-5,13,19H,1H3. The second-order valence-electron chi connectivity index (χ2n) is 4.02. The first kappa shape index (κ1) is 13.9. The molecule has 0 saturated heterocycles. The van der Waals surface area contributed by atoms with Crippen LogP contribution in [0.3, 0.4) is 0 Å². The second kappa shape index (κ2) is 5.64. The summed E-state index contributed by atoms with van der Waals surface area (Å²) in [6.45, 7) is 1.83. The lowest BCUT2D eigenvalue weighted by atomic mass is 9.96. The molecule has 1 heterocycles. The zero-order chi connectivity index (χ0) is 14.0. The van der Waals surface area contributed by atoms with Crippen LogP contribution in [-0.4, -0.2) is 3.92 Å². The van der Waals surface area contributed by atoms with E-state index in [-0.39, 0.29) is 3.92 Å². The lowest BCUT2D eigenvalue weighted by Gasteiger charge is -2.24. The van der Waals surface area contributed by atoms with Crippen molar-refractivity contribution in [1.82, 2.24) is 5.32 Å². The number of hydrogen-bond acceptors (Lipinski definition) is 3. The summed E-state index contributed by atoms with van der Waals surface area (Å²) >= 11 is 8.28. The van der Waals surface area contributed by atoms with Crippen molar-refractivity contribution in [2.75, 3.05) is 0 Å². The van der Waals surface area contributed by atoms with Gasteiger partial charge in [0.25, 0.3) is 0 Å². The van der Waals surface area contributed by atoms with Crippen LogP contribution in [0.2, 0.25) is 5.02 Å². The fourth-order valence-corrected chi connectivity index (χ4v) is 3.20. The van der Waals surface area contributed by atoms with E-state index in [0.29, 0.717) is 21.9 Å². The number of hydrogen-bond donors (Lipinski definition) is 1. The zero-order valence-corrected chi connectivity index (χ0v) is 13.0. The molecule has 1 atom stereocenters. The van der Waals surface area contributed by atoms with Gasteiger partial charge < -0.3 is 5.32 Å². The minimum atomic E-state index is -0.250. The summed E-state index contributed by atoms with van der Waals surface area (Å²) in [5, 5.41) is 22.2. The highest BCUT2D eigenvalue weighted by molar-refractivity contribution is 14.1. The third-order valence-electron chi connectivity index (χ3n) is 2.88. The maximum absolute atomic E-state index is 9.36. The van der Waals surface area contributed by atoms with Crippen molar-refractivity contribution < 1.29 is 0 Å². The summed E-state index contributed by atoms with van der Waals surface area (Å²) in [7, 11) is 0. The molecule has 5 heteroatoms. The molecule has 19 heavy (non-hydrogen) atoms. The van der Waals surface area contributed by atoms with Gasteiger partial charge in [-0.05, 0) is 13.0 Å². The van der Waals surface area contributed by atoms with Crippen molar-refractivity contribution in [2.24, 2.45) is 0 Å². The van der Waals surface area contributed by atoms with Crippen molar-refractivity contribution >= 4 is 39.9 Å². The van der Waals surface area contributed by atoms with Gasteiger partial charge in [0.1, 0.15) is 0 Å². The summed E-state index contributed by atoms with van der Waals surface area (Å²) in [6, 6.07) is 11.7. The Morgan fingerprint density at radius 2 is 1.84 bits per heavy atom. The van der Waals surface area contributed by atoms with Gasteiger partial charge in [0.05, 0.1) is 32.9 Å². The van der Waals surface area contributed by atoms with Crippen molar-refractivity contribution in [3.05, 3.63) is 51.7 Å². The largest absolute Gasteiger partial charge is 0.357 e. The van der Waals surface area contributed by atoms with E-state index in [9.17, 15) is 5.26 Å². The predicted molar refractivity (Wildman–Crippen MR) is 83.2 cm³/mol. The molecule has 0 aliphatic carbocycles. The van der Waals surface area contributed by atoms with E-state index in [2.05, 4.69) is 40.0 Å². The van der Waals surface area contributed by atoms with Crippen LogP contribution in [0.5, 0.6) is 0 Å². The Morgan fingerprint density at radius 3 is 2.42 bits per heavy atom. The Labute approximate surface area is 130 Å². The quantitative estimate of drug-likeness (QED) is 0.595. The molecule has 1 aromatic rings. The molecule has 0 saturated carbocycles. The summed E-state index contributed by atoms with van der Waals surface area (Å²) < 4.78 is -0.250. The molecule has 0 spiro atoms. The number of allylic oxidation sites excluding steroid dienone is 3. The fraction of sp³-hybridized carbons (Fsp3) is 0.143. The van der Waals surface area contributed by atoms with Crippen molar-refractivity contribution in [1.29, 1.82) is 10.5 Å². The van der Waals surface area contributed by atoms with Crippen LogP contribution < -0.4 is 5.32 Å². The van der Waals surface area contributed by atoms with E-state index >= 15 is 0 Å². The molecule has 0 amide bonds. The Bertz CT molecular complexity index is 677. The van der Waals surface area contributed by atoms with E-state index in [1.54, 1.807) is 6.07 Å². The molecule has 1 N–H and O–H groups in total. The first-order valence-electron chi connectivity index (χ1n) is 5.51. The Hall–Kier alpha value is -1.50. The van der Waals surface area contributed by atoms with Crippen LogP contribution in [0.4, 0.5) is 0 Å². The lowest BCUT2D eigenvalue weighted by Crippen LogP contribution is -2.25. The molecule has 0 fully saturated rings. The maximum Gasteiger partial charge on any atom is 0.0984 e. The molecule has 0 bridgehead atoms. The molecule has 0 radical (unpaired) electrons. The number of rotatable bonds is 1.